The lowest BCUT2D eigenvalue weighted by Crippen LogP contribution is -2.30. The zero-order valence-corrected chi connectivity index (χ0v) is 15.4. The molecule has 27 heavy (non-hydrogen) atoms. The van der Waals surface area contributed by atoms with Crippen LogP contribution in [0.2, 0.25) is 0 Å². The summed E-state index contributed by atoms with van der Waals surface area (Å²) in [6, 6.07) is 9.04. The van der Waals surface area contributed by atoms with Crippen molar-refractivity contribution in [1.29, 1.82) is 0 Å². The number of nitro groups is 1. The maximum atomic E-state index is 10.9. The predicted octanol–water partition coefficient (Wildman–Crippen LogP) is 2.29. The Morgan fingerprint density at radius 3 is 2.56 bits per heavy atom. The van der Waals surface area contributed by atoms with Gasteiger partial charge in [0.2, 0.25) is 0 Å². The molecule has 1 aromatic heterocycles. The zero-order valence-electron chi connectivity index (χ0n) is 15.4. The van der Waals surface area contributed by atoms with Crippen LogP contribution in [0, 0.1) is 10.1 Å². The Hall–Kier alpha value is -3.04. The number of nitrogens with one attached hydrogen (secondary N) is 1. The molecule has 1 N–H and O–H groups in total. The zero-order chi connectivity index (χ0) is 19.5. The van der Waals surface area contributed by atoms with Gasteiger partial charge in [-0.15, -0.1) is 0 Å². The number of nitrogens with zero attached hydrogens (tertiary/aromatic N) is 4. The van der Waals surface area contributed by atoms with Gasteiger partial charge in [-0.05, 0) is 24.0 Å². The molecular weight excluding hydrogens is 350 g/mol. The van der Waals surface area contributed by atoms with Crippen molar-refractivity contribution in [3.8, 4) is 5.75 Å². The summed E-state index contributed by atoms with van der Waals surface area (Å²) in [5.41, 5.74) is 0. The van der Waals surface area contributed by atoms with Crippen LogP contribution < -0.4 is 10.1 Å². The van der Waals surface area contributed by atoms with E-state index >= 15 is 0 Å². The van der Waals surface area contributed by atoms with E-state index in [4.69, 9.17) is 9.47 Å². The molecule has 0 unspecified atom stereocenters. The molecule has 2 heterocycles. The fraction of sp³-hybridized carbons (Fsp3) is 0.333. The summed E-state index contributed by atoms with van der Waals surface area (Å²) in [6.45, 7) is 5.64. The van der Waals surface area contributed by atoms with Crippen molar-refractivity contribution in [2.24, 2.45) is 12.0 Å². The highest BCUT2D eigenvalue weighted by atomic mass is 16.6. The van der Waals surface area contributed by atoms with E-state index in [2.05, 4.69) is 15.3 Å². The van der Waals surface area contributed by atoms with E-state index in [1.165, 1.54) is 10.8 Å². The summed E-state index contributed by atoms with van der Waals surface area (Å²) in [5, 5.41) is 14.0. The minimum Gasteiger partial charge on any atom is -0.434 e. The predicted molar refractivity (Wildman–Crippen MR) is 102 cm³/mol. The van der Waals surface area contributed by atoms with Crippen molar-refractivity contribution in [2.75, 3.05) is 26.3 Å². The van der Waals surface area contributed by atoms with Crippen LogP contribution in [0.1, 0.15) is 12.7 Å². The molecule has 144 valence electrons. The van der Waals surface area contributed by atoms with Crippen molar-refractivity contribution in [3.05, 3.63) is 64.7 Å². The van der Waals surface area contributed by atoms with Crippen LogP contribution in [-0.4, -0.2) is 46.7 Å². The van der Waals surface area contributed by atoms with E-state index < -0.39 is 4.92 Å². The lowest BCUT2D eigenvalue weighted by Gasteiger charge is -2.10. The van der Waals surface area contributed by atoms with E-state index in [0.717, 1.165) is 26.3 Å². The van der Waals surface area contributed by atoms with Crippen molar-refractivity contribution >= 4 is 11.7 Å². The topological polar surface area (TPSA) is 104 Å². The first-order valence-corrected chi connectivity index (χ1v) is 8.50. The van der Waals surface area contributed by atoms with E-state index in [0.29, 0.717) is 5.75 Å². The fourth-order valence-corrected chi connectivity index (χ4v) is 2.16. The minimum atomic E-state index is -0.508. The summed E-state index contributed by atoms with van der Waals surface area (Å²) in [7, 11) is 1.54. The van der Waals surface area contributed by atoms with Gasteiger partial charge in [-0.1, -0.05) is 24.3 Å². The monoisotopic (exact) mass is 373 g/mol. The second-order valence-corrected chi connectivity index (χ2v) is 5.45. The molecular formula is C18H23N5O4. The number of hydrogen-bond acceptors (Lipinski definition) is 7. The van der Waals surface area contributed by atoms with Gasteiger partial charge in [-0.2, -0.15) is 0 Å². The third kappa shape index (κ3) is 6.32. The van der Waals surface area contributed by atoms with E-state index in [1.54, 1.807) is 31.5 Å². The van der Waals surface area contributed by atoms with Crippen LogP contribution in [0.5, 0.6) is 5.75 Å². The first-order valence-electron chi connectivity index (χ1n) is 8.50. The lowest BCUT2D eigenvalue weighted by molar-refractivity contribution is -0.391. The Balaban J connectivity index is 0.000000369. The first-order chi connectivity index (χ1) is 13.1. The number of ether oxygens (including phenoxy) is 2. The summed E-state index contributed by atoms with van der Waals surface area (Å²) in [4.78, 5) is 18.5. The first kappa shape index (κ1) is 20.3. The number of aromatic nitrogens is 2. The highest BCUT2D eigenvalue weighted by Gasteiger charge is 2.22. The van der Waals surface area contributed by atoms with Gasteiger partial charge in [-0.25, -0.2) is 14.5 Å². The van der Waals surface area contributed by atoms with E-state index in [1.807, 2.05) is 25.1 Å². The Morgan fingerprint density at radius 2 is 2.07 bits per heavy atom. The third-order valence-corrected chi connectivity index (χ3v) is 3.49. The lowest BCUT2D eigenvalue weighted by atomic mass is 10.3. The number of rotatable bonds is 4. The largest absolute Gasteiger partial charge is 0.434 e. The average Bonchev–Trinajstić information content (AvgIpc) is 3.09. The van der Waals surface area contributed by atoms with Gasteiger partial charge in [0, 0.05) is 19.3 Å². The van der Waals surface area contributed by atoms with Crippen molar-refractivity contribution in [3.63, 3.8) is 0 Å². The highest BCUT2D eigenvalue weighted by Crippen LogP contribution is 2.16. The Bertz CT molecular complexity index is 771. The number of para-hydroxylation sites is 1. The molecule has 1 aliphatic rings. The summed E-state index contributed by atoms with van der Waals surface area (Å²) in [6.07, 6.45) is 4.44. The second kappa shape index (κ2) is 10.8. The molecule has 0 aliphatic carbocycles. The molecule has 9 heteroatoms. The standard InChI is InChI=1S/C14H14N4O3.C4H9NO/c1-3-9-15-14(21-11-7-5-4-6-8-11)13-16-10-12(17(13)2)18(19)20;1-3-6-4-2-5-1/h3-10H,1-2H3;5H,1-4H2. The molecule has 1 aliphatic heterocycles. The molecule has 0 radical (unpaired) electrons. The SMILES string of the molecule is C1COCCN1.CC=CN=C(Oc1ccccc1)c1ncc([N+](=O)[O-])n1C. The van der Waals surface area contributed by atoms with Crippen LogP contribution in [0.4, 0.5) is 5.82 Å². The van der Waals surface area contributed by atoms with E-state index in [9.17, 15) is 10.1 Å². The molecule has 9 nitrogen and oxygen atoms in total. The molecule has 1 aromatic carbocycles. The molecule has 3 rings (SSSR count). The number of allylic oxidation sites excluding steroid dienone is 1. The number of imidazole rings is 1. The van der Waals surface area contributed by atoms with Gasteiger partial charge < -0.3 is 24.9 Å². The average molecular weight is 373 g/mol. The van der Waals surface area contributed by atoms with Gasteiger partial charge in [0.05, 0.1) is 20.3 Å². The molecule has 0 atom stereocenters. The summed E-state index contributed by atoms with van der Waals surface area (Å²) < 4.78 is 12.0. The Labute approximate surface area is 157 Å². The maximum Gasteiger partial charge on any atom is 0.343 e. The van der Waals surface area contributed by atoms with Crippen LogP contribution >= 0.6 is 0 Å². The van der Waals surface area contributed by atoms with Crippen molar-refractivity contribution in [1.82, 2.24) is 14.9 Å². The van der Waals surface area contributed by atoms with Crippen molar-refractivity contribution in [2.45, 2.75) is 6.92 Å². The maximum absolute atomic E-state index is 10.9. The van der Waals surface area contributed by atoms with Crippen LogP contribution in [0.15, 0.2) is 53.8 Å². The molecule has 0 spiro atoms. The molecule has 1 saturated heterocycles. The molecule has 1 fully saturated rings. The fourth-order valence-electron chi connectivity index (χ4n) is 2.16. The highest BCUT2D eigenvalue weighted by molar-refractivity contribution is 5.93. The van der Waals surface area contributed by atoms with Crippen molar-refractivity contribution < 1.29 is 14.4 Å². The number of aliphatic imine (C=N–C) groups is 1. The molecule has 0 saturated carbocycles. The normalized spacial score (nSPS) is 14.5. The second-order valence-electron chi connectivity index (χ2n) is 5.45. The summed E-state index contributed by atoms with van der Waals surface area (Å²) >= 11 is 0. The van der Waals surface area contributed by atoms with Crippen LogP contribution in [-0.2, 0) is 11.8 Å². The van der Waals surface area contributed by atoms with Gasteiger partial charge in [0.15, 0.2) is 0 Å². The number of hydrogen-bond donors (Lipinski definition) is 1. The number of benzene rings is 1. The molecule has 0 amide bonds. The van der Waals surface area contributed by atoms with Gasteiger partial charge in [0.1, 0.15) is 11.9 Å². The Morgan fingerprint density at radius 1 is 1.37 bits per heavy atom. The van der Waals surface area contributed by atoms with Gasteiger partial charge in [-0.3, -0.25) is 0 Å². The summed E-state index contributed by atoms with van der Waals surface area (Å²) in [5.74, 6) is 0.916. The minimum absolute atomic E-state index is 0.130. The van der Waals surface area contributed by atoms with Gasteiger partial charge >= 0.3 is 5.82 Å². The molecule has 2 aromatic rings. The van der Waals surface area contributed by atoms with Crippen LogP contribution in [0.3, 0.4) is 0 Å². The number of morpholine rings is 1. The smallest absolute Gasteiger partial charge is 0.343 e. The quantitative estimate of drug-likeness (QED) is 0.382. The Kier molecular flexibility index (Phi) is 8.14. The van der Waals surface area contributed by atoms with E-state index in [-0.39, 0.29) is 17.5 Å². The van der Waals surface area contributed by atoms with Crippen LogP contribution in [0.25, 0.3) is 0 Å². The third-order valence-electron chi connectivity index (χ3n) is 3.49. The van der Waals surface area contributed by atoms with Gasteiger partial charge in [0.25, 0.3) is 11.7 Å². The molecule has 0 bridgehead atoms.